The maximum atomic E-state index is 11.9. The molecule has 0 aliphatic rings. The van der Waals surface area contributed by atoms with E-state index in [2.05, 4.69) is 13.8 Å². The Morgan fingerprint density at radius 3 is 0.707 bits per heavy atom. The first kappa shape index (κ1) is 45.8. The minimum absolute atomic E-state index is 0. The van der Waals surface area contributed by atoms with E-state index < -0.39 is 0 Å². The minimum atomic E-state index is -0.323. The van der Waals surface area contributed by atoms with E-state index in [1.807, 2.05) is 0 Å². The topological polar surface area (TPSA) is 78.4 Å². The Morgan fingerprint density at radius 1 is 0.341 bits per heavy atom. The first-order valence-electron chi connectivity index (χ1n) is 17.9. The van der Waals surface area contributed by atoms with Crippen LogP contribution in [0.2, 0.25) is 0 Å². The van der Waals surface area contributed by atoms with Crippen molar-refractivity contribution in [3.05, 3.63) is 0 Å². The Bertz CT molecular complexity index is 471. The van der Waals surface area contributed by atoms with E-state index in [9.17, 15) is 9.59 Å². The van der Waals surface area contributed by atoms with E-state index in [1.54, 1.807) is 0 Å². The van der Waals surface area contributed by atoms with Crippen LogP contribution in [0.15, 0.2) is 0 Å². The number of carbonyl (C=O) groups excluding carboxylic acids is 2. The fourth-order valence-corrected chi connectivity index (χ4v) is 5.51. The molecule has 0 aromatic heterocycles. The number of hydrogen-bond donors (Lipinski definition) is 1. The third-order valence-electron chi connectivity index (χ3n) is 8.20. The third kappa shape index (κ3) is 40.4. The molecule has 0 fully saturated rings. The van der Waals surface area contributed by atoms with Gasteiger partial charge in [0.2, 0.25) is 0 Å². The molecule has 5 heteroatoms. The summed E-state index contributed by atoms with van der Waals surface area (Å²) in [6.07, 6.45) is 40.1. The quantitative estimate of drug-likeness (QED) is 0.0356. The molecule has 0 atom stereocenters. The van der Waals surface area contributed by atoms with Crippen molar-refractivity contribution in [3.63, 3.8) is 0 Å². The summed E-state index contributed by atoms with van der Waals surface area (Å²) in [5.41, 5.74) is 0. The summed E-state index contributed by atoms with van der Waals surface area (Å²) in [6.45, 7) is 4.55. The molecule has 0 heterocycles. The van der Waals surface area contributed by atoms with Crippen LogP contribution in [-0.2, 0) is 14.3 Å². The van der Waals surface area contributed by atoms with Crippen molar-refractivity contribution in [2.45, 2.75) is 219 Å². The zero-order valence-corrected chi connectivity index (χ0v) is 27.6. The molecule has 0 aromatic rings. The van der Waals surface area contributed by atoms with Crippen LogP contribution in [0.3, 0.4) is 0 Å². The van der Waals surface area contributed by atoms with Crippen LogP contribution in [0, 0.1) is 0 Å². The van der Waals surface area contributed by atoms with Gasteiger partial charge in [-0.1, -0.05) is 194 Å². The van der Waals surface area contributed by atoms with Crippen molar-refractivity contribution in [2.75, 3.05) is 0 Å². The SMILES string of the molecule is CCCCCCCCCCCCCCCCCC(=O)OC(=O)CCCCCCCCCCCCCCCCC.N.[CaH2]. The van der Waals surface area contributed by atoms with Gasteiger partial charge in [0.1, 0.15) is 0 Å². The number of hydrogen-bond acceptors (Lipinski definition) is 4. The van der Waals surface area contributed by atoms with Gasteiger partial charge in [-0.2, -0.15) is 0 Å². The van der Waals surface area contributed by atoms with Crippen molar-refractivity contribution in [3.8, 4) is 0 Å². The van der Waals surface area contributed by atoms with Crippen molar-refractivity contribution in [1.29, 1.82) is 0 Å². The molecule has 0 aliphatic heterocycles. The van der Waals surface area contributed by atoms with Gasteiger partial charge in [0, 0.05) is 12.8 Å². The second-order valence-electron chi connectivity index (χ2n) is 12.2. The van der Waals surface area contributed by atoms with Crippen LogP contribution in [0.5, 0.6) is 0 Å². The third-order valence-corrected chi connectivity index (χ3v) is 8.20. The standard InChI is InChI=1S/C36H70O3.Ca.H3N.2H/c1-3-5-7-9-11-13-15-17-19-21-23-25-27-29-31-33-35(37)39-36(38)34-32-30-28-26-24-22-20-18-16-14-12-10-8-6-4-2;;;;/h3-34H2,1-2H3;;1H3;;. The molecule has 0 bridgehead atoms. The normalized spacial score (nSPS) is 10.7. The number of carbonyl (C=O) groups is 2. The van der Waals surface area contributed by atoms with E-state index in [0.29, 0.717) is 12.8 Å². The van der Waals surface area contributed by atoms with Gasteiger partial charge < -0.3 is 10.9 Å². The molecular formula is C36H75CaNO3. The van der Waals surface area contributed by atoms with E-state index in [4.69, 9.17) is 4.74 Å². The average Bonchev–Trinajstić information content (AvgIpc) is 2.93. The molecule has 0 rings (SSSR count). The average molecular weight is 610 g/mol. The van der Waals surface area contributed by atoms with Gasteiger partial charge in [0.05, 0.1) is 0 Å². The van der Waals surface area contributed by atoms with Crippen molar-refractivity contribution >= 4 is 49.7 Å². The Kier molecular flexibility index (Phi) is 45.1. The molecule has 0 unspecified atom stereocenters. The maximum absolute atomic E-state index is 11.9. The van der Waals surface area contributed by atoms with E-state index in [1.165, 1.54) is 167 Å². The molecular weight excluding hydrogens is 534 g/mol. The summed E-state index contributed by atoms with van der Waals surface area (Å²) in [5.74, 6) is -0.647. The van der Waals surface area contributed by atoms with Crippen LogP contribution >= 0.6 is 0 Å². The second-order valence-corrected chi connectivity index (χ2v) is 12.2. The number of esters is 2. The molecule has 244 valence electrons. The zero-order chi connectivity index (χ0) is 28.5. The first-order valence-corrected chi connectivity index (χ1v) is 17.9. The van der Waals surface area contributed by atoms with Crippen LogP contribution in [-0.4, -0.2) is 49.7 Å². The zero-order valence-electron chi connectivity index (χ0n) is 27.6. The van der Waals surface area contributed by atoms with Crippen molar-refractivity contribution in [2.24, 2.45) is 0 Å². The summed E-state index contributed by atoms with van der Waals surface area (Å²) in [6, 6.07) is 0. The van der Waals surface area contributed by atoms with Crippen LogP contribution in [0.1, 0.15) is 219 Å². The van der Waals surface area contributed by atoms with Crippen LogP contribution in [0.25, 0.3) is 0 Å². The van der Waals surface area contributed by atoms with Crippen molar-refractivity contribution in [1.82, 2.24) is 6.15 Å². The molecule has 4 nitrogen and oxygen atoms in total. The molecule has 0 saturated carbocycles. The van der Waals surface area contributed by atoms with Gasteiger partial charge in [-0.25, -0.2) is 0 Å². The molecule has 0 aromatic carbocycles. The molecule has 0 saturated heterocycles. The van der Waals surface area contributed by atoms with Gasteiger partial charge in [-0.05, 0) is 12.8 Å². The van der Waals surface area contributed by atoms with Gasteiger partial charge in [-0.3, -0.25) is 9.59 Å². The van der Waals surface area contributed by atoms with E-state index in [0.717, 1.165) is 25.7 Å². The van der Waals surface area contributed by atoms with Gasteiger partial charge in [-0.15, -0.1) is 0 Å². The Hall–Kier alpha value is 0.360. The molecule has 41 heavy (non-hydrogen) atoms. The predicted octanol–water partition coefficient (Wildman–Crippen LogP) is 11.8. The second kappa shape index (κ2) is 40.4. The van der Waals surface area contributed by atoms with Gasteiger partial charge >= 0.3 is 49.7 Å². The molecule has 0 radical (unpaired) electrons. The monoisotopic (exact) mass is 610 g/mol. The number of unbranched alkanes of at least 4 members (excludes halogenated alkanes) is 28. The number of rotatable bonds is 32. The summed E-state index contributed by atoms with van der Waals surface area (Å²) in [7, 11) is 0. The Balaban J connectivity index is -0.00000722. The van der Waals surface area contributed by atoms with E-state index in [-0.39, 0.29) is 55.8 Å². The first-order chi connectivity index (χ1) is 19.2. The van der Waals surface area contributed by atoms with Crippen LogP contribution < -0.4 is 6.15 Å². The molecule has 0 aliphatic carbocycles. The summed E-state index contributed by atoms with van der Waals surface area (Å²) in [4.78, 5) is 23.8. The number of ether oxygens (including phenoxy) is 1. The Labute approximate surface area is 287 Å². The van der Waals surface area contributed by atoms with Crippen molar-refractivity contribution < 1.29 is 14.3 Å². The fraction of sp³-hybridized carbons (Fsp3) is 0.944. The summed E-state index contributed by atoms with van der Waals surface area (Å²) >= 11 is 0. The van der Waals surface area contributed by atoms with Crippen LogP contribution in [0.4, 0.5) is 0 Å². The molecule has 0 spiro atoms. The fourth-order valence-electron chi connectivity index (χ4n) is 5.51. The van der Waals surface area contributed by atoms with Gasteiger partial charge in [0.25, 0.3) is 0 Å². The predicted molar refractivity (Wildman–Crippen MR) is 184 cm³/mol. The summed E-state index contributed by atoms with van der Waals surface area (Å²) in [5, 5.41) is 0. The molecule has 0 amide bonds. The molecule has 3 N–H and O–H groups in total. The van der Waals surface area contributed by atoms with E-state index >= 15 is 0 Å². The van der Waals surface area contributed by atoms with Gasteiger partial charge in [0.15, 0.2) is 0 Å². The Morgan fingerprint density at radius 2 is 0.512 bits per heavy atom. The summed E-state index contributed by atoms with van der Waals surface area (Å²) < 4.78 is 5.01.